The van der Waals surface area contributed by atoms with Crippen molar-refractivity contribution in [2.24, 2.45) is 5.90 Å². The van der Waals surface area contributed by atoms with Crippen LogP contribution in [0.15, 0.2) is 65.6 Å². The van der Waals surface area contributed by atoms with Gasteiger partial charge in [0.2, 0.25) is 0 Å². The van der Waals surface area contributed by atoms with Crippen molar-refractivity contribution in [2.45, 2.75) is 4.90 Å². The molecule has 3 aromatic carbocycles. The van der Waals surface area contributed by atoms with Gasteiger partial charge in [-0.3, -0.25) is 0 Å². The third kappa shape index (κ3) is 2.55. The molecular formula is C16H13NO4S. The van der Waals surface area contributed by atoms with Gasteiger partial charge >= 0.3 is 10.1 Å². The van der Waals surface area contributed by atoms with Crippen molar-refractivity contribution in [3.8, 4) is 16.9 Å². The second kappa shape index (κ2) is 5.42. The van der Waals surface area contributed by atoms with E-state index in [0.717, 1.165) is 17.2 Å². The molecule has 0 radical (unpaired) electrons. The number of hydrogen-bond donors (Lipinski definition) is 2. The van der Waals surface area contributed by atoms with Crippen LogP contribution in [-0.2, 0) is 14.4 Å². The van der Waals surface area contributed by atoms with Gasteiger partial charge in [-0.15, -0.1) is 0 Å². The zero-order valence-corrected chi connectivity index (χ0v) is 12.2. The highest BCUT2D eigenvalue weighted by atomic mass is 32.2. The lowest BCUT2D eigenvalue weighted by Gasteiger charge is -2.08. The van der Waals surface area contributed by atoms with Crippen LogP contribution in [0.1, 0.15) is 0 Å². The fraction of sp³-hybridized carbons (Fsp3) is 0. The van der Waals surface area contributed by atoms with Gasteiger partial charge in [-0.05, 0) is 28.6 Å². The first-order valence-corrected chi connectivity index (χ1v) is 7.88. The van der Waals surface area contributed by atoms with E-state index in [1.54, 1.807) is 12.1 Å². The van der Waals surface area contributed by atoms with E-state index >= 15 is 0 Å². The number of nitrogens with two attached hydrogens (primary N) is 1. The number of aromatic hydroxyl groups is 1. The highest BCUT2D eigenvalue weighted by Gasteiger charge is 2.16. The van der Waals surface area contributed by atoms with Crippen LogP contribution in [-0.4, -0.2) is 13.5 Å². The summed E-state index contributed by atoms with van der Waals surface area (Å²) in [4.78, 5) is -0.190. The molecule has 0 saturated heterocycles. The maximum absolute atomic E-state index is 11.7. The Morgan fingerprint density at radius 1 is 0.909 bits per heavy atom. The number of phenols is 1. The fourth-order valence-corrected chi connectivity index (χ4v) is 2.97. The SMILES string of the molecule is NOS(=O)(=O)c1cc(O)c2ccc(-c3ccccc3)cc2c1. The zero-order chi connectivity index (χ0) is 15.7. The molecule has 0 heterocycles. The van der Waals surface area contributed by atoms with Gasteiger partial charge in [0, 0.05) is 11.5 Å². The predicted molar refractivity (Wildman–Crippen MR) is 83.5 cm³/mol. The zero-order valence-electron chi connectivity index (χ0n) is 11.4. The average molecular weight is 315 g/mol. The van der Waals surface area contributed by atoms with Crippen LogP contribution in [0.2, 0.25) is 0 Å². The lowest BCUT2D eigenvalue weighted by molar-refractivity contribution is 0.332. The van der Waals surface area contributed by atoms with E-state index in [2.05, 4.69) is 4.28 Å². The summed E-state index contributed by atoms with van der Waals surface area (Å²) in [5.41, 5.74) is 1.91. The Hall–Kier alpha value is -2.41. The Morgan fingerprint density at radius 3 is 2.32 bits per heavy atom. The number of fused-ring (bicyclic) bond motifs is 1. The van der Waals surface area contributed by atoms with Gasteiger partial charge in [0.1, 0.15) is 5.75 Å². The first-order valence-electron chi connectivity index (χ1n) is 6.47. The third-order valence-electron chi connectivity index (χ3n) is 3.43. The molecule has 0 aliphatic carbocycles. The second-order valence-corrected chi connectivity index (χ2v) is 6.37. The molecule has 5 nitrogen and oxygen atoms in total. The maximum Gasteiger partial charge on any atom is 0.312 e. The number of phenolic OH excluding ortho intramolecular Hbond substituents is 1. The molecule has 0 saturated carbocycles. The Balaban J connectivity index is 2.23. The Labute approximate surface area is 127 Å². The van der Waals surface area contributed by atoms with E-state index in [0.29, 0.717) is 10.8 Å². The van der Waals surface area contributed by atoms with Crippen LogP contribution in [0.25, 0.3) is 21.9 Å². The molecule has 6 heteroatoms. The van der Waals surface area contributed by atoms with Gasteiger partial charge in [0.15, 0.2) is 0 Å². The topological polar surface area (TPSA) is 89.6 Å². The predicted octanol–water partition coefficient (Wildman–Crippen LogP) is 2.79. The average Bonchev–Trinajstić information content (AvgIpc) is 2.55. The minimum atomic E-state index is -4.07. The summed E-state index contributed by atoms with van der Waals surface area (Å²) < 4.78 is 27.4. The van der Waals surface area contributed by atoms with Gasteiger partial charge in [-0.2, -0.15) is 18.6 Å². The van der Waals surface area contributed by atoms with Gasteiger partial charge < -0.3 is 5.11 Å². The van der Waals surface area contributed by atoms with Crippen molar-refractivity contribution < 1.29 is 17.8 Å². The quantitative estimate of drug-likeness (QED) is 0.725. The fourth-order valence-electron chi connectivity index (χ4n) is 2.33. The minimum absolute atomic E-state index is 0.146. The number of rotatable bonds is 3. The molecule has 3 N–H and O–H groups in total. The Kier molecular flexibility index (Phi) is 3.58. The molecule has 3 rings (SSSR count). The highest BCUT2D eigenvalue weighted by molar-refractivity contribution is 7.86. The van der Waals surface area contributed by atoms with Crippen LogP contribution in [0, 0.1) is 0 Å². The van der Waals surface area contributed by atoms with E-state index in [-0.39, 0.29) is 10.6 Å². The molecule has 0 atom stereocenters. The lowest BCUT2D eigenvalue weighted by Crippen LogP contribution is -2.11. The van der Waals surface area contributed by atoms with E-state index in [1.807, 2.05) is 36.4 Å². The molecule has 0 unspecified atom stereocenters. The van der Waals surface area contributed by atoms with E-state index < -0.39 is 10.1 Å². The second-order valence-electron chi connectivity index (χ2n) is 4.79. The van der Waals surface area contributed by atoms with E-state index in [1.165, 1.54) is 6.07 Å². The third-order valence-corrected chi connectivity index (χ3v) is 4.49. The summed E-state index contributed by atoms with van der Waals surface area (Å²) >= 11 is 0. The summed E-state index contributed by atoms with van der Waals surface area (Å²) in [6.45, 7) is 0. The van der Waals surface area contributed by atoms with Crippen LogP contribution in [0.5, 0.6) is 5.75 Å². The van der Waals surface area contributed by atoms with Crippen LogP contribution >= 0.6 is 0 Å². The summed E-state index contributed by atoms with van der Waals surface area (Å²) in [5.74, 6) is 4.64. The van der Waals surface area contributed by atoms with Crippen LogP contribution in [0.3, 0.4) is 0 Å². The van der Waals surface area contributed by atoms with Crippen molar-refractivity contribution in [2.75, 3.05) is 0 Å². The van der Waals surface area contributed by atoms with Crippen molar-refractivity contribution in [1.82, 2.24) is 0 Å². The molecule has 112 valence electrons. The Bertz CT molecular complexity index is 937. The molecule has 0 aromatic heterocycles. The summed E-state index contributed by atoms with van der Waals surface area (Å²) in [6, 6.07) is 17.6. The van der Waals surface area contributed by atoms with E-state index in [9.17, 15) is 13.5 Å². The molecular weight excluding hydrogens is 302 g/mol. The normalized spacial score (nSPS) is 11.7. The molecule has 0 aliphatic rings. The standard InChI is InChI=1S/C16H13NO4S/c17-21-22(19,20)14-9-13-8-12(11-4-2-1-3-5-11)6-7-15(13)16(18)10-14/h1-10,18H,17H2. The first kappa shape index (κ1) is 14.5. The smallest absolute Gasteiger partial charge is 0.312 e. The summed E-state index contributed by atoms with van der Waals surface area (Å²) in [5, 5.41) is 11.1. The van der Waals surface area contributed by atoms with Gasteiger partial charge in [0.25, 0.3) is 0 Å². The summed E-state index contributed by atoms with van der Waals surface area (Å²) in [6.07, 6.45) is 0. The van der Waals surface area contributed by atoms with Crippen molar-refractivity contribution in [1.29, 1.82) is 0 Å². The molecule has 0 fully saturated rings. The molecule has 0 aliphatic heterocycles. The molecule has 0 bridgehead atoms. The molecule has 0 spiro atoms. The molecule has 0 amide bonds. The van der Waals surface area contributed by atoms with Gasteiger partial charge in [-0.25, -0.2) is 0 Å². The van der Waals surface area contributed by atoms with Crippen LogP contribution in [0.4, 0.5) is 0 Å². The highest BCUT2D eigenvalue weighted by Crippen LogP contribution is 2.32. The number of hydrogen-bond acceptors (Lipinski definition) is 5. The van der Waals surface area contributed by atoms with Gasteiger partial charge in [0.05, 0.1) is 4.90 Å². The van der Waals surface area contributed by atoms with Crippen LogP contribution < -0.4 is 5.90 Å². The maximum atomic E-state index is 11.7. The summed E-state index contributed by atoms with van der Waals surface area (Å²) in [7, 11) is -4.07. The number of benzene rings is 3. The monoisotopic (exact) mass is 315 g/mol. The van der Waals surface area contributed by atoms with E-state index in [4.69, 9.17) is 5.90 Å². The largest absolute Gasteiger partial charge is 0.507 e. The van der Waals surface area contributed by atoms with Crippen molar-refractivity contribution in [3.05, 3.63) is 60.7 Å². The molecule has 3 aromatic rings. The minimum Gasteiger partial charge on any atom is -0.507 e. The lowest BCUT2D eigenvalue weighted by atomic mass is 10.0. The first-order chi connectivity index (χ1) is 10.5. The van der Waals surface area contributed by atoms with Crippen molar-refractivity contribution in [3.63, 3.8) is 0 Å². The molecule has 22 heavy (non-hydrogen) atoms. The van der Waals surface area contributed by atoms with Crippen molar-refractivity contribution >= 4 is 20.9 Å². The van der Waals surface area contributed by atoms with Gasteiger partial charge in [-0.1, -0.05) is 42.5 Å². The Morgan fingerprint density at radius 2 is 1.64 bits per heavy atom.